The van der Waals surface area contributed by atoms with Crippen molar-refractivity contribution >= 4 is 35.1 Å². The summed E-state index contributed by atoms with van der Waals surface area (Å²) < 4.78 is 5.37. The zero-order valence-corrected chi connectivity index (χ0v) is 22.7. The lowest BCUT2D eigenvalue weighted by molar-refractivity contribution is -0.116. The second-order valence-corrected chi connectivity index (χ2v) is 11.0. The fourth-order valence-electron chi connectivity index (χ4n) is 4.89. The maximum absolute atomic E-state index is 12.1. The Morgan fingerprint density at radius 1 is 1.13 bits per heavy atom. The van der Waals surface area contributed by atoms with Crippen LogP contribution in [0.1, 0.15) is 45.6 Å². The molecule has 2 amide bonds. The fraction of sp³-hybridized carbons (Fsp3) is 0.414. The molecule has 0 aliphatic carbocycles. The number of carbonyl (C=O) groups is 2. The van der Waals surface area contributed by atoms with Crippen LogP contribution in [0.4, 0.5) is 27.9 Å². The van der Waals surface area contributed by atoms with E-state index in [9.17, 15) is 9.59 Å². The van der Waals surface area contributed by atoms with Crippen LogP contribution in [0.5, 0.6) is 0 Å². The molecule has 10 heteroatoms. The van der Waals surface area contributed by atoms with E-state index in [1.54, 1.807) is 12.4 Å². The Morgan fingerprint density at radius 3 is 2.64 bits per heavy atom. The van der Waals surface area contributed by atoms with Crippen LogP contribution in [0, 0.1) is 5.92 Å². The summed E-state index contributed by atoms with van der Waals surface area (Å²) in [5, 5.41) is 9.18. The van der Waals surface area contributed by atoms with Gasteiger partial charge in [-0.1, -0.05) is 0 Å². The SMILES string of the molecule is CC(C)(C)OC(=O)NCC1CCN(c2nc(Nc3ccc4c(c3)CCC(=O)N4)ncc2-c2ccncc2)CC1. The summed E-state index contributed by atoms with van der Waals surface area (Å²) in [4.78, 5) is 39.8. The van der Waals surface area contributed by atoms with Gasteiger partial charge in [0.2, 0.25) is 11.9 Å². The Morgan fingerprint density at radius 2 is 1.90 bits per heavy atom. The minimum absolute atomic E-state index is 0.0484. The number of ether oxygens (including phenoxy) is 1. The number of amides is 2. The molecule has 1 fully saturated rings. The van der Waals surface area contributed by atoms with Crippen molar-refractivity contribution in [3.63, 3.8) is 0 Å². The number of anilines is 4. The van der Waals surface area contributed by atoms with E-state index in [4.69, 9.17) is 9.72 Å². The van der Waals surface area contributed by atoms with Crippen molar-refractivity contribution in [2.24, 2.45) is 5.92 Å². The van der Waals surface area contributed by atoms with Gasteiger partial charge in [-0.2, -0.15) is 4.98 Å². The normalized spacial score (nSPS) is 15.8. The van der Waals surface area contributed by atoms with E-state index in [1.807, 2.05) is 57.3 Å². The van der Waals surface area contributed by atoms with Gasteiger partial charge in [-0.05, 0) is 87.4 Å². The van der Waals surface area contributed by atoms with Gasteiger partial charge in [0, 0.05) is 61.6 Å². The lowest BCUT2D eigenvalue weighted by Crippen LogP contribution is -2.40. The van der Waals surface area contributed by atoms with Gasteiger partial charge in [-0.15, -0.1) is 0 Å². The first-order valence-electron chi connectivity index (χ1n) is 13.4. The van der Waals surface area contributed by atoms with Gasteiger partial charge < -0.3 is 25.6 Å². The van der Waals surface area contributed by atoms with E-state index in [-0.39, 0.29) is 12.0 Å². The molecule has 1 aromatic carbocycles. The molecule has 3 N–H and O–H groups in total. The molecule has 2 aromatic heterocycles. The Labute approximate surface area is 228 Å². The number of benzene rings is 1. The van der Waals surface area contributed by atoms with Gasteiger partial charge >= 0.3 is 6.09 Å². The largest absolute Gasteiger partial charge is 0.444 e. The second-order valence-electron chi connectivity index (χ2n) is 11.0. The molecule has 39 heavy (non-hydrogen) atoms. The highest BCUT2D eigenvalue weighted by atomic mass is 16.6. The topological polar surface area (TPSA) is 121 Å². The Hall–Kier alpha value is -4.21. The number of piperidine rings is 1. The van der Waals surface area contributed by atoms with Crippen molar-refractivity contribution < 1.29 is 14.3 Å². The van der Waals surface area contributed by atoms with Crippen molar-refractivity contribution in [1.82, 2.24) is 20.3 Å². The zero-order chi connectivity index (χ0) is 27.4. The number of nitrogens with one attached hydrogen (secondary N) is 3. The average Bonchev–Trinajstić information content (AvgIpc) is 2.92. The van der Waals surface area contributed by atoms with E-state index >= 15 is 0 Å². The van der Waals surface area contributed by atoms with E-state index in [2.05, 4.69) is 30.8 Å². The highest BCUT2D eigenvalue weighted by molar-refractivity contribution is 5.94. The third-order valence-corrected chi connectivity index (χ3v) is 6.86. The molecule has 1 saturated heterocycles. The number of hydrogen-bond donors (Lipinski definition) is 3. The number of alkyl carbamates (subject to hydrolysis) is 1. The predicted molar refractivity (Wildman–Crippen MR) is 151 cm³/mol. The third-order valence-electron chi connectivity index (χ3n) is 6.86. The van der Waals surface area contributed by atoms with Crippen LogP contribution >= 0.6 is 0 Å². The van der Waals surface area contributed by atoms with Crippen LogP contribution in [0.25, 0.3) is 11.1 Å². The summed E-state index contributed by atoms with van der Waals surface area (Å²) in [6.45, 7) is 7.81. The van der Waals surface area contributed by atoms with E-state index < -0.39 is 5.60 Å². The fourth-order valence-corrected chi connectivity index (χ4v) is 4.89. The van der Waals surface area contributed by atoms with Gasteiger partial charge in [-0.25, -0.2) is 9.78 Å². The first-order valence-corrected chi connectivity index (χ1v) is 13.4. The van der Waals surface area contributed by atoms with E-state index in [1.165, 1.54) is 0 Å². The first kappa shape index (κ1) is 26.4. The van der Waals surface area contributed by atoms with Crippen molar-refractivity contribution in [1.29, 1.82) is 0 Å². The third kappa shape index (κ3) is 6.81. The zero-order valence-electron chi connectivity index (χ0n) is 22.7. The monoisotopic (exact) mass is 529 g/mol. The molecular weight excluding hydrogens is 494 g/mol. The van der Waals surface area contributed by atoms with Crippen LogP contribution in [-0.4, -0.2) is 52.2 Å². The van der Waals surface area contributed by atoms with Crippen LogP contribution in [0.3, 0.4) is 0 Å². The number of carbonyl (C=O) groups excluding carboxylic acids is 2. The summed E-state index contributed by atoms with van der Waals surface area (Å²) in [7, 11) is 0. The van der Waals surface area contributed by atoms with Gasteiger partial charge in [0.25, 0.3) is 0 Å². The molecule has 0 unspecified atom stereocenters. The average molecular weight is 530 g/mol. The Balaban J connectivity index is 1.30. The summed E-state index contributed by atoms with van der Waals surface area (Å²) >= 11 is 0. The highest BCUT2D eigenvalue weighted by Gasteiger charge is 2.25. The summed E-state index contributed by atoms with van der Waals surface area (Å²) in [5.74, 6) is 1.79. The Kier molecular flexibility index (Phi) is 7.63. The lowest BCUT2D eigenvalue weighted by Gasteiger charge is -2.34. The summed E-state index contributed by atoms with van der Waals surface area (Å²) in [6.07, 6.45) is 8.07. The Bertz CT molecular complexity index is 1330. The number of hydrogen-bond acceptors (Lipinski definition) is 8. The maximum atomic E-state index is 12.1. The number of fused-ring (bicyclic) bond motifs is 1. The second kappa shape index (κ2) is 11.3. The number of aromatic nitrogens is 3. The minimum Gasteiger partial charge on any atom is -0.444 e. The molecule has 4 heterocycles. The van der Waals surface area contributed by atoms with Gasteiger partial charge in [0.1, 0.15) is 11.4 Å². The number of rotatable bonds is 6. The molecule has 204 valence electrons. The molecular formula is C29H35N7O3. The molecule has 0 spiro atoms. The minimum atomic E-state index is -0.509. The molecule has 5 rings (SSSR count). The van der Waals surface area contributed by atoms with Gasteiger partial charge in [0.15, 0.2) is 0 Å². The molecule has 10 nitrogen and oxygen atoms in total. The quantitative estimate of drug-likeness (QED) is 0.412. The highest BCUT2D eigenvalue weighted by Crippen LogP contribution is 2.33. The first-order chi connectivity index (χ1) is 18.7. The molecule has 2 aliphatic rings. The van der Waals surface area contributed by atoms with Crippen LogP contribution in [-0.2, 0) is 16.0 Å². The van der Waals surface area contributed by atoms with Crippen molar-refractivity contribution in [2.75, 3.05) is 35.2 Å². The van der Waals surface area contributed by atoms with E-state index in [0.717, 1.165) is 59.8 Å². The van der Waals surface area contributed by atoms with Crippen LogP contribution in [0.15, 0.2) is 48.9 Å². The van der Waals surface area contributed by atoms with Gasteiger partial charge in [0.05, 0.1) is 0 Å². The summed E-state index contributed by atoms with van der Waals surface area (Å²) in [5.41, 5.74) is 4.27. The van der Waals surface area contributed by atoms with Crippen molar-refractivity contribution in [3.05, 3.63) is 54.5 Å². The van der Waals surface area contributed by atoms with Crippen molar-refractivity contribution in [2.45, 2.75) is 52.1 Å². The maximum Gasteiger partial charge on any atom is 0.407 e. The molecule has 0 radical (unpaired) electrons. The van der Waals surface area contributed by atoms with Crippen molar-refractivity contribution in [3.8, 4) is 11.1 Å². The number of pyridine rings is 1. The molecule has 0 bridgehead atoms. The van der Waals surface area contributed by atoms with Crippen LogP contribution < -0.4 is 20.9 Å². The summed E-state index contributed by atoms with van der Waals surface area (Å²) in [6, 6.07) is 9.80. The van der Waals surface area contributed by atoms with Crippen LogP contribution in [0.2, 0.25) is 0 Å². The molecule has 0 atom stereocenters. The molecule has 0 saturated carbocycles. The molecule has 3 aromatic rings. The smallest absolute Gasteiger partial charge is 0.407 e. The standard InChI is InChI=1S/C29H35N7O3/c1-29(2,3)39-28(38)32-17-19-10-14-36(15-11-19)26-23(20-8-12-30-13-9-20)18-31-27(35-26)33-22-5-6-24-21(16-22)4-7-25(37)34-24/h5-6,8-9,12-13,16,18-19H,4,7,10-11,14-15,17H2,1-3H3,(H,32,38)(H,34,37)(H,31,33,35). The predicted octanol–water partition coefficient (Wildman–Crippen LogP) is 4.91. The number of nitrogens with zero attached hydrogens (tertiary/aromatic N) is 4. The van der Waals surface area contributed by atoms with Gasteiger partial charge in [-0.3, -0.25) is 9.78 Å². The number of aryl methyl sites for hydroxylation is 1. The van der Waals surface area contributed by atoms with E-state index in [0.29, 0.717) is 31.3 Å². The molecule has 2 aliphatic heterocycles. The lowest BCUT2D eigenvalue weighted by atomic mass is 9.96.